The Morgan fingerprint density at radius 2 is 1.78 bits per heavy atom. The fraction of sp³-hybridized carbons (Fsp3) is 0.400. The molecule has 1 aliphatic heterocycles. The molecule has 7 heteroatoms. The highest BCUT2D eigenvalue weighted by Crippen LogP contribution is 2.28. The first-order chi connectivity index (χ1) is 15.3. The number of benzene rings is 2. The molecule has 0 bridgehead atoms. The predicted molar refractivity (Wildman–Crippen MR) is 127 cm³/mol. The summed E-state index contributed by atoms with van der Waals surface area (Å²) < 4.78 is 28.0. The van der Waals surface area contributed by atoms with Gasteiger partial charge in [-0.3, -0.25) is 4.79 Å². The van der Waals surface area contributed by atoms with Gasteiger partial charge >= 0.3 is 0 Å². The second kappa shape index (κ2) is 9.46. The third kappa shape index (κ3) is 5.05. The van der Waals surface area contributed by atoms with E-state index in [9.17, 15) is 13.2 Å². The molecule has 1 amide bonds. The lowest BCUT2D eigenvalue weighted by Crippen LogP contribution is -2.42. The Morgan fingerprint density at radius 3 is 2.50 bits per heavy atom. The monoisotopic (exact) mass is 453 g/mol. The summed E-state index contributed by atoms with van der Waals surface area (Å²) in [5, 5.41) is 3.66. The molecule has 2 N–H and O–H groups in total. The van der Waals surface area contributed by atoms with E-state index in [1.54, 1.807) is 28.6 Å². The van der Waals surface area contributed by atoms with Gasteiger partial charge in [-0.05, 0) is 60.9 Å². The van der Waals surface area contributed by atoms with Gasteiger partial charge in [0.05, 0.1) is 4.90 Å². The molecule has 0 radical (unpaired) electrons. The molecule has 4 rings (SSSR count). The highest BCUT2D eigenvalue weighted by molar-refractivity contribution is 7.89. The number of carbonyl (C=O) groups is 1. The molecule has 6 nitrogen and oxygen atoms in total. The average Bonchev–Trinajstić information content (AvgIpc) is 3.20. The number of H-pyrrole nitrogens is 1. The van der Waals surface area contributed by atoms with Crippen LogP contribution in [0.1, 0.15) is 42.7 Å². The molecule has 1 saturated heterocycles. The minimum Gasteiger partial charge on any atom is -0.351 e. The lowest BCUT2D eigenvalue weighted by molar-refractivity contribution is 0.0949. The highest BCUT2D eigenvalue weighted by Gasteiger charge is 2.31. The van der Waals surface area contributed by atoms with Crippen molar-refractivity contribution < 1.29 is 13.2 Å². The number of fused-ring (bicyclic) bond motifs is 1. The van der Waals surface area contributed by atoms with Crippen LogP contribution in [0, 0.1) is 11.8 Å². The number of aromatic nitrogens is 1. The van der Waals surface area contributed by atoms with Crippen LogP contribution in [0.2, 0.25) is 0 Å². The second-order valence-electron chi connectivity index (χ2n) is 9.05. The summed E-state index contributed by atoms with van der Waals surface area (Å²) in [7, 11) is -3.56. The van der Waals surface area contributed by atoms with Crippen molar-refractivity contribution in [3.05, 3.63) is 65.9 Å². The van der Waals surface area contributed by atoms with E-state index in [0.717, 1.165) is 30.2 Å². The van der Waals surface area contributed by atoms with Crippen molar-refractivity contribution in [3.8, 4) is 0 Å². The summed E-state index contributed by atoms with van der Waals surface area (Å²) in [5.41, 5.74) is 2.44. The van der Waals surface area contributed by atoms with Gasteiger partial charge in [0.1, 0.15) is 5.69 Å². The topological polar surface area (TPSA) is 82.3 Å². The first-order valence-electron chi connectivity index (χ1n) is 11.3. The number of aromatic amines is 1. The van der Waals surface area contributed by atoms with Gasteiger partial charge in [-0.1, -0.05) is 44.2 Å². The van der Waals surface area contributed by atoms with Gasteiger partial charge in [-0.25, -0.2) is 8.42 Å². The Bertz CT molecular complexity index is 1180. The van der Waals surface area contributed by atoms with Gasteiger partial charge in [0.2, 0.25) is 10.0 Å². The normalized spacial score (nSPS) is 19.8. The Labute approximate surface area is 190 Å². The van der Waals surface area contributed by atoms with Gasteiger partial charge in [0, 0.05) is 30.5 Å². The molecule has 2 aromatic carbocycles. The molecule has 170 valence electrons. The van der Waals surface area contributed by atoms with Gasteiger partial charge < -0.3 is 10.3 Å². The van der Waals surface area contributed by atoms with Gasteiger partial charge in [0.15, 0.2) is 0 Å². The molecule has 1 aromatic heterocycles. The lowest BCUT2D eigenvalue weighted by Gasteiger charge is -2.34. The minimum absolute atomic E-state index is 0.183. The number of sulfonamides is 1. The molecule has 1 aliphatic rings. The van der Waals surface area contributed by atoms with Crippen LogP contribution >= 0.6 is 0 Å². The van der Waals surface area contributed by atoms with E-state index in [1.165, 1.54) is 5.56 Å². The Balaban J connectivity index is 1.42. The first-order valence-corrected chi connectivity index (χ1v) is 12.7. The predicted octanol–water partition coefficient (Wildman–Crippen LogP) is 4.20. The molecule has 0 aliphatic carbocycles. The van der Waals surface area contributed by atoms with E-state index in [-0.39, 0.29) is 10.8 Å². The quantitative estimate of drug-likeness (QED) is 0.526. The number of amides is 1. The largest absolute Gasteiger partial charge is 0.351 e. The number of aryl methyl sites for hydroxylation is 1. The Hall–Kier alpha value is -2.64. The van der Waals surface area contributed by atoms with Crippen molar-refractivity contribution in [1.29, 1.82) is 0 Å². The Morgan fingerprint density at radius 1 is 1.06 bits per heavy atom. The average molecular weight is 454 g/mol. The summed E-state index contributed by atoms with van der Waals surface area (Å²) >= 11 is 0. The van der Waals surface area contributed by atoms with Crippen LogP contribution in [0.4, 0.5) is 0 Å². The van der Waals surface area contributed by atoms with Crippen molar-refractivity contribution in [2.75, 3.05) is 19.6 Å². The number of rotatable bonds is 7. The molecule has 2 atom stereocenters. The third-order valence-corrected chi connectivity index (χ3v) is 7.91. The standard InChI is InChI=1S/C25H31N3O3S/c1-18-13-19(2)17-28(16-18)32(30,31)22-10-11-23-21(14-22)15-24(27-23)25(29)26-12-6-9-20-7-4-3-5-8-20/h3-5,7-8,10-11,14-15,18-19,27H,6,9,12-13,16-17H2,1-2H3,(H,26,29). The van der Waals surface area contributed by atoms with E-state index in [1.807, 2.05) is 18.2 Å². The van der Waals surface area contributed by atoms with Gasteiger partial charge in [-0.15, -0.1) is 0 Å². The Kier molecular flexibility index (Phi) is 6.67. The maximum atomic E-state index is 13.2. The maximum absolute atomic E-state index is 13.2. The van der Waals surface area contributed by atoms with Crippen molar-refractivity contribution in [2.45, 2.75) is 38.0 Å². The summed E-state index contributed by atoms with van der Waals surface area (Å²) in [4.78, 5) is 15.9. The molecule has 3 aromatic rings. The molecule has 32 heavy (non-hydrogen) atoms. The smallest absolute Gasteiger partial charge is 0.267 e. The summed E-state index contributed by atoms with van der Waals surface area (Å²) in [6.07, 6.45) is 2.81. The molecule has 2 heterocycles. The van der Waals surface area contributed by atoms with Crippen LogP contribution in [-0.2, 0) is 16.4 Å². The zero-order valence-electron chi connectivity index (χ0n) is 18.7. The van der Waals surface area contributed by atoms with Crippen LogP contribution in [0.25, 0.3) is 10.9 Å². The molecular weight excluding hydrogens is 422 g/mol. The number of nitrogens with one attached hydrogen (secondary N) is 2. The zero-order chi connectivity index (χ0) is 22.7. The van der Waals surface area contributed by atoms with Crippen LogP contribution in [0.5, 0.6) is 0 Å². The molecule has 0 spiro atoms. The molecule has 0 saturated carbocycles. The van der Waals surface area contributed by atoms with Gasteiger partial charge in [0.25, 0.3) is 5.91 Å². The summed E-state index contributed by atoms with van der Waals surface area (Å²) in [6, 6.07) is 16.9. The first kappa shape index (κ1) is 22.6. The number of nitrogens with zero attached hydrogens (tertiary/aromatic N) is 1. The summed E-state index contributed by atoms with van der Waals surface area (Å²) in [6.45, 7) is 5.87. The number of piperidine rings is 1. The van der Waals surface area contributed by atoms with E-state index < -0.39 is 10.0 Å². The second-order valence-corrected chi connectivity index (χ2v) is 11.0. The van der Waals surface area contributed by atoms with Crippen LogP contribution in [-0.4, -0.2) is 43.2 Å². The third-order valence-electron chi connectivity index (χ3n) is 6.08. The van der Waals surface area contributed by atoms with Crippen molar-refractivity contribution in [3.63, 3.8) is 0 Å². The molecule has 1 fully saturated rings. The van der Waals surface area contributed by atoms with E-state index >= 15 is 0 Å². The van der Waals surface area contributed by atoms with Crippen molar-refractivity contribution in [2.24, 2.45) is 11.8 Å². The fourth-order valence-electron chi connectivity index (χ4n) is 4.58. The van der Waals surface area contributed by atoms with Crippen molar-refractivity contribution >= 4 is 26.8 Å². The fourth-order valence-corrected chi connectivity index (χ4v) is 6.29. The van der Waals surface area contributed by atoms with Crippen LogP contribution in [0.15, 0.2) is 59.5 Å². The molecule has 2 unspecified atom stereocenters. The van der Waals surface area contributed by atoms with E-state index in [4.69, 9.17) is 0 Å². The SMILES string of the molecule is CC1CC(C)CN(S(=O)(=O)c2ccc3[nH]c(C(=O)NCCCc4ccccc4)cc3c2)C1. The van der Waals surface area contributed by atoms with E-state index in [0.29, 0.717) is 37.2 Å². The van der Waals surface area contributed by atoms with Crippen LogP contribution < -0.4 is 5.32 Å². The number of hydrogen-bond acceptors (Lipinski definition) is 3. The van der Waals surface area contributed by atoms with Gasteiger partial charge in [-0.2, -0.15) is 4.31 Å². The highest BCUT2D eigenvalue weighted by atomic mass is 32.2. The van der Waals surface area contributed by atoms with Crippen molar-refractivity contribution in [1.82, 2.24) is 14.6 Å². The van der Waals surface area contributed by atoms with E-state index in [2.05, 4.69) is 36.3 Å². The zero-order valence-corrected chi connectivity index (χ0v) is 19.5. The molecular formula is C25H31N3O3S. The lowest BCUT2D eigenvalue weighted by atomic mass is 9.94. The maximum Gasteiger partial charge on any atom is 0.267 e. The number of hydrogen-bond donors (Lipinski definition) is 2. The summed E-state index contributed by atoms with van der Waals surface area (Å²) in [5.74, 6) is 0.515. The van der Waals surface area contributed by atoms with Crippen LogP contribution in [0.3, 0.4) is 0 Å². The minimum atomic E-state index is -3.56. The number of carbonyl (C=O) groups excluding carboxylic acids is 1.